The van der Waals surface area contributed by atoms with E-state index in [9.17, 15) is 9.59 Å². The zero-order valence-electron chi connectivity index (χ0n) is 21.3. The standard InChI is InChI=1S/C28H31N7O2/c1-17(2)35-26-23(25(29-16-30-26)33-27(36)20-8-4-5-9-20)24(34-35)19-11-13-21(14-12-19)31-28(37)32-22-10-6-7-18(3)15-22/h6-7,10-17,20H,4-5,8-9H2,1-3H3,(H2,31,32,37)(H,29,30,33,36). The third-order valence-electron chi connectivity index (χ3n) is 6.64. The van der Waals surface area contributed by atoms with Crippen molar-refractivity contribution in [2.24, 2.45) is 5.92 Å². The van der Waals surface area contributed by atoms with Crippen LogP contribution in [0.2, 0.25) is 0 Å². The number of nitrogens with zero attached hydrogens (tertiary/aromatic N) is 4. The average molecular weight is 498 g/mol. The van der Waals surface area contributed by atoms with E-state index in [1.54, 1.807) is 0 Å². The Morgan fingerprint density at radius 3 is 2.38 bits per heavy atom. The molecule has 0 saturated heterocycles. The van der Waals surface area contributed by atoms with Gasteiger partial charge in [-0.2, -0.15) is 5.10 Å². The molecule has 9 heteroatoms. The summed E-state index contributed by atoms with van der Waals surface area (Å²) in [7, 11) is 0. The fraction of sp³-hybridized carbons (Fsp3) is 0.321. The van der Waals surface area contributed by atoms with Crippen LogP contribution in [0.15, 0.2) is 54.9 Å². The molecule has 3 N–H and O–H groups in total. The van der Waals surface area contributed by atoms with Gasteiger partial charge in [-0.3, -0.25) is 4.79 Å². The molecule has 3 amide bonds. The van der Waals surface area contributed by atoms with E-state index in [4.69, 9.17) is 5.10 Å². The molecule has 1 aliphatic rings. The summed E-state index contributed by atoms with van der Waals surface area (Å²) in [6, 6.07) is 14.8. The van der Waals surface area contributed by atoms with Crippen molar-refractivity contribution in [3.63, 3.8) is 0 Å². The van der Waals surface area contributed by atoms with E-state index >= 15 is 0 Å². The number of aryl methyl sites for hydroxylation is 1. The predicted molar refractivity (Wildman–Crippen MR) is 146 cm³/mol. The van der Waals surface area contributed by atoms with Gasteiger partial charge in [0.15, 0.2) is 5.65 Å². The van der Waals surface area contributed by atoms with E-state index in [1.165, 1.54) is 6.33 Å². The SMILES string of the molecule is Cc1cccc(NC(=O)Nc2ccc(-c3nn(C(C)C)c4ncnc(NC(=O)C5CCCC5)c34)cc2)c1. The van der Waals surface area contributed by atoms with E-state index in [0.717, 1.165) is 42.5 Å². The minimum atomic E-state index is -0.321. The Kier molecular flexibility index (Phi) is 6.85. The van der Waals surface area contributed by atoms with E-state index in [1.807, 2.05) is 74.0 Å². The molecule has 4 aromatic rings. The van der Waals surface area contributed by atoms with Crippen molar-refractivity contribution in [3.8, 4) is 11.3 Å². The van der Waals surface area contributed by atoms with Gasteiger partial charge in [-0.05, 0) is 63.4 Å². The van der Waals surface area contributed by atoms with Gasteiger partial charge in [0, 0.05) is 28.9 Å². The van der Waals surface area contributed by atoms with Gasteiger partial charge in [-0.15, -0.1) is 0 Å². The first kappa shape index (κ1) is 24.4. The molecule has 0 bridgehead atoms. The minimum absolute atomic E-state index is 0.0000768. The summed E-state index contributed by atoms with van der Waals surface area (Å²) in [6.07, 6.45) is 5.44. The number of amides is 3. The topological polar surface area (TPSA) is 114 Å². The number of fused-ring (bicyclic) bond motifs is 1. The number of carbonyl (C=O) groups is 2. The highest BCUT2D eigenvalue weighted by Gasteiger charge is 2.26. The van der Waals surface area contributed by atoms with Crippen molar-refractivity contribution in [1.29, 1.82) is 0 Å². The van der Waals surface area contributed by atoms with E-state index in [-0.39, 0.29) is 23.9 Å². The summed E-state index contributed by atoms with van der Waals surface area (Å²) in [4.78, 5) is 34.3. The fourth-order valence-corrected chi connectivity index (χ4v) is 4.76. The number of hydrogen-bond acceptors (Lipinski definition) is 5. The van der Waals surface area contributed by atoms with Gasteiger partial charge in [0.1, 0.15) is 17.8 Å². The molecule has 1 fully saturated rings. The second kappa shape index (κ2) is 10.4. The maximum absolute atomic E-state index is 12.9. The first-order valence-corrected chi connectivity index (χ1v) is 12.7. The van der Waals surface area contributed by atoms with Crippen LogP contribution < -0.4 is 16.0 Å². The van der Waals surface area contributed by atoms with E-state index in [2.05, 4.69) is 25.9 Å². The van der Waals surface area contributed by atoms with Crippen LogP contribution in [0.4, 0.5) is 22.0 Å². The van der Waals surface area contributed by atoms with Gasteiger partial charge < -0.3 is 16.0 Å². The molecular weight excluding hydrogens is 466 g/mol. The van der Waals surface area contributed by atoms with Gasteiger partial charge in [-0.25, -0.2) is 19.4 Å². The number of benzene rings is 2. The Labute approximate surface area is 215 Å². The van der Waals surface area contributed by atoms with Crippen LogP contribution in [0.25, 0.3) is 22.3 Å². The summed E-state index contributed by atoms with van der Waals surface area (Å²) in [6.45, 7) is 6.05. The van der Waals surface area contributed by atoms with Crippen LogP contribution in [-0.2, 0) is 4.79 Å². The number of hydrogen-bond donors (Lipinski definition) is 3. The molecule has 37 heavy (non-hydrogen) atoms. The van der Waals surface area contributed by atoms with Crippen LogP contribution in [-0.4, -0.2) is 31.7 Å². The summed E-state index contributed by atoms with van der Waals surface area (Å²) >= 11 is 0. The first-order valence-electron chi connectivity index (χ1n) is 12.7. The van der Waals surface area contributed by atoms with E-state index in [0.29, 0.717) is 28.2 Å². The predicted octanol–water partition coefficient (Wildman–Crippen LogP) is 6.16. The highest BCUT2D eigenvalue weighted by molar-refractivity contribution is 6.05. The molecule has 5 rings (SSSR count). The smallest absolute Gasteiger partial charge is 0.310 e. The lowest BCUT2D eigenvalue weighted by atomic mass is 10.1. The maximum Gasteiger partial charge on any atom is 0.323 e. The van der Waals surface area contributed by atoms with Gasteiger partial charge in [-0.1, -0.05) is 37.1 Å². The molecule has 0 unspecified atom stereocenters. The maximum atomic E-state index is 12.9. The van der Waals surface area contributed by atoms with Gasteiger partial charge in [0.05, 0.1) is 5.39 Å². The monoisotopic (exact) mass is 497 g/mol. The zero-order chi connectivity index (χ0) is 25.9. The summed E-state index contributed by atoms with van der Waals surface area (Å²) in [5.41, 5.74) is 4.63. The highest BCUT2D eigenvalue weighted by Crippen LogP contribution is 2.34. The fourth-order valence-electron chi connectivity index (χ4n) is 4.76. The Hall–Kier alpha value is -4.27. The molecule has 0 spiro atoms. The number of anilines is 3. The first-order chi connectivity index (χ1) is 17.9. The third kappa shape index (κ3) is 5.30. The van der Waals surface area contributed by atoms with E-state index < -0.39 is 0 Å². The molecule has 2 heterocycles. The van der Waals surface area contributed by atoms with Crippen LogP contribution in [0.3, 0.4) is 0 Å². The molecule has 2 aromatic carbocycles. The Balaban J connectivity index is 1.42. The Bertz CT molecular complexity index is 1440. The number of aromatic nitrogens is 4. The van der Waals surface area contributed by atoms with Gasteiger partial charge in [0.2, 0.25) is 5.91 Å². The van der Waals surface area contributed by atoms with Crippen LogP contribution in [0.1, 0.15) is 51.1 Å². The highest BCUT2D eigenvalue weighted by atomic mass is 16.2. The molecule has 9 nitrogen and oxygen atoms in total. The largest absolute Gasteiger partial charge is 0.323 e. The molecule has 1 aliphatic carbocycles. The van der Waals surface area contributed by atoms with Crippen molar-refractivity contribution in [2.45, 2.75) is 52.5 Å². The van der Waals surface area contributed by atoms with Crippen molar-refractivity contribution in [1.82, 2.24) is 19.7 Å². The summed E-state index contributed by atoms with van der Waals surface area (Å²) in [5.74, 6) is 0.494. The second-order valence-electron chi connectivity index (χ2n) is 9.80. The molecule has 2 aromatic heterocycles. The molecular formula is C28H31N7O2. The number of carbonyl (C=O) groups excluding carboxylic acids is 2. The molecule has 0 aliphatic heterocycles. The Morgan fingerprint density at radius 2 is 1.68 bits per heavy atom. The third-order valence-corrected chi connectivity index (χ3v) is 6.64. The van der Waals surface area contributed by atoms with Crippen LogP contribution in [0, 0.1) is 12.8 Å². The van der Waals surface area contributed by atoms with Crippen molar-refractivity contribution in [2.75, 3.05) is 16.0 Å². The number of urea groups is 1. The van der Waals surface area contributed by atoms with Gasteiger partial charge in [0.25, 0.3) is 0 Å². The van der Waals surface area contributed by atoms with Crippen LogP contribution in [0.5, 0.6) is 0 Å². The molecule has 190 valence electrons. The molecule has 0 radical (unpaired) electrons. The molecule has 1 saturated carbocycles. The zero-order valence-corrected chi connectivity index (χ0v) is 21.3. The lowest BCUT2D eigenvalue weighted by molar-refractivity contribution is -0.119. The molecule has 0 atom stereocenters. The normalized spacial score (nSPS) is 13.7. The number of nitrogens with one attached hydrogen (secondary N) is 3. The Morgan fingerprint density at radius 1 is 0.946 bits per heavy atom. The van der Waals surface area contributed by atoms with Crippen molar-refractivity contribution >= 4 is 40.2 Å². The average Bonchev–Trinajstić information content (AvgIpc) is 3.54. The lowest BCUT2D eigenvalue weighted by Crippen LogP contribution is -2.21. The quantitative estimate of drug-likeness (QED) is 0.295. The van der Waals surface area contributed by atoms with Crippen LogP contribution >= 0.6 is 0 Å². The lowest BCUT2D eigenvalue weighted by Gasteiger charge is -2.11. The van der Waals surface area contributed by atoms with Gasteiger partial charge >= 0.3 is 6.03 Å². The summed E-state index contributed by atoms with van der Waals surface area (Å²) < 4.78 is 1.85. The second-order valence-corrected chi connectivity index (χ2v) is 9.80. The van der Waals surface area contributed by atoms with Crippen molar-refractivity contribution in [3.05, 3.63) is 60.4 Å². The number of rotatable bonds is 6. The summed E-state index contributed by atoms with van der Waals surface area (Å²) in [5, 5.41) is 14.3. The van der Waals surface area contributed by atoms with Crippen molar-refractivity contribution < 1.29 is 9.59 Å². The minimum Gasteiger partial charge on any atom is -0.310 e.